The highest BCUT2D eigenvalue weighted by Crippen LogP contribution is 2.36. The molecule has 2 aromatic carbocycles. The van der Waals surface area contributed by atoms with E-state index in [1.54, 1.807) is 12.1 Å². The number of fused-ring (bicyclic) bond motifs is 1. The van der Waals surface area contributed by atoms with E-state index in [2.05, 4.69) is 19.2 Å². The van der Waals surface area contributed by atoms with Gasteiger partial charge in [0.1, 0.15) is 11.5 Å². The number of carbonyl (C=O) groups is 1. The van der Waals surface area contributed by atoms with Crippen molar-refractivity contribution in [2.75, 3.05) is 18.5 Å². The van der Waals surface area contributed by atoms with Crippen LogP contribution < -0.4 is 14.8 Å². The lowest BCUT2D eigenvalue weighted by atomic mass is 10.0. The highest BCUT2D eigenvalue weighted by atomic mass is 35.5. The lowest BCUT2D eigenvalue weighted by molar-refractivity contribution is -0.110. The summed E-state index contributed by atoms with van der Waals surface area (Å²) in [6, 6.07) is 11.1. The number of ether oxygens (including phenoxy) is 2. The standard InChI is InChI=1S/C21H22ClNO3/c1-3-9-25-16-7-5-14(20(13-16)26-10-4-2)11-18-17-8-6-15(22)12-19(17)23-21(18)24/h5-8,11-13H,3-4,9-10H2,1-2H3,(H,23,24)/b18-11-. The van der Waals surface area contributed by atoms with Gasteiger partial charge in [0.15, 0.2) is 0 Å². The summed E-state index contributed by atoms with van der Waals surface area (Å²) in [7, 11) is 0. The lowest BCUT2D eigenvalue weighted by Gasteiger charge is -2.12. The quantitative estimate of drug-likeness (QED) is 0.662. The van der Waals surface area contributed by atoms with E-state index in [0.717, 1.165) is 35.4 Å². The Morgan fingerprint density at radius 3 is 2.58 bits per heavy atom. The van der Waals surface area contributed by atoms with E-state index >= 15 is 0 Å². The molecular weight excluding hydrogens is 350 g/mol. The molecule has 4 nitrogen and oxygen atoms in total. The number of rotatable bonds is 7. The summed E-state index contributed by atoms with van der Waals surface area (Å²) in [4.78, 5) is 12.4. The summed E-state index contributed by atoms with van der Waals surface area (Å²) in [5.41, 5.74) is 3.01. The number of hydrogen-bond donors (Lipinski definition) is 1. The van der Waals surface area contributed by atoms with Crippen LogP contribution in [0.5, 0.6) is 11.5 Å². The molecule has 0 unspecified atom stereocenters. The van der Waals surface area contributed by atoms with Gasteiger partial charge >= 0.3 is 0 Å². The molecule has 0 spiro atoms. The summed E-state index contributed by atoms with van der Waals surface area (Å²) in [6.07, 6.45) is 3.69. The summed E-state index contributed by atoms with van der Waals surface area (Å²) >= 11 is 6.02. The molecule has 0 aromatic heterocycles. The van der Waals surface area contributed by atoms with Gasteiger partial charge in [-0.15, -0.1) is 0 Å². The van der Waals surface area contributed by atoms with E-state index in [-0.39, 0.29) is 5.91 Å². The van der Waals surface area contributed by atoms with Crippen molar-refractivity contribution in [3.8, 4) is 11.5 Å². The van der Waals surface area contributed by atoms with Crippen LogP contribution in [0.2, 0.25) is 5.02 Å². The summed E-state index contributed by atoms with van der Waals surface area (Å²) in [5, 5.41) is 3.45. The Kier molecular flexibility index (Phi) is 5.84. The molecule has 26 heavy (non-hydrogen) atoms. The van der Waals surface area contributed by atoms with E-state index < -0.39 is 0 Å². The lowest BCUT2D eigenvalue weighted by Crippen LogP contribution is -2.04. The Morgan fingerprint density at radius 1 is 1.04 bits per heavy atom. The molecule has 1 N–H and O–H groups in total. The normalized spacial score (nSPS) is 14.3. The number of anilines is 1. The fourth-order valence-corrected chi connectivity index (χ4v) is 2.92. The third-order valence-corrected chi connectivity index (χ3v) is 4.22. The summed E-state index contributed by atoms with van der Waals surface area (Å²) in [5.74, 6) is 1.33. The van der Waals surface area contributed by atoms with Crippen molar-refractivity contribution in [3.63, 3.8) is 0 Å². The van der Waals surface area contributed by atoms with Crippen LogP contribution in [-0.2, 0) is 4.79 Å². The topological polar surface area (TPSA) is 47.6 Å². The Balaban J connectivity index is 1.98. The first-order valence-electron chi connectivity index (χ1n) is 8.85. The first-order valence-corrected chi connectivity index (χ1v) is 9.22. The van der Waals surface area contributed by atoms with Gasteiger partial charge in [0.05, 0.1) is 18.9 Å². The highest BCUT2D eigenvalue weighted by Gasteiger charge is 2.24. The molecule has 2 aromatic rings. The van der Waals surface area contributed by atoms with Gasteiger partial charge in [0.25, 0.3) is 5.91 Å². The SMILES string of the molecule is CCCOc1ccc(/C=C2\C(=O)Nc3cc(Cl)ccc32)c(OCCC)c1. The van der Waals surface area contributed by atoms with Gasteiger partial charge in [-0.2, -0.15) is 0 Å². The molecule has 1 aliphatic heterocycles. The van der Waals surface area contributed by atoms with Crippen LogP contribution in [0.3, 0.4) is 0 Å². The molecule has 1 aliphatic rings. The van der Waals surface area contributed by atoms with Crippen LogP contribution in [0.1, 0.15) is 37.8 Å². The van der Waals surface area contributed by atoms with Gasteiger partial charge < -0.3 is 14.8 Å². The molecular formula is C21H22ClNO3. The Hall–Kier alpha value is -2.46. The van der Waals surface area contributed by atoms with Gasteiger partial charge in [-0.1, -0.05) is 31.5 Å². The van der Waals surface area contributed by atoms with Crippen molar-refractivity contribution in [2.45, 2.75) is 26.7 Å². The minimum absolute atomic E-state index is 0.144. The molecule has 1 heterocycles. The predicted octanol–water partition coefficient (Wildman–Crippen LogP) is 5.41. The molecule has 1 amide bonds. The maximum absolute atomic E-state index is 12.4. The first-order chi connectivity index (χ1) is 12.6. The van der Waals surface area contributed by atoms with Crippen LogP contribution in [-0.4, -0.2) is 19.1 Å². The van der Waals surface area contributed by atoms with E-state index in [1.165, 1.54) is 0 Å². The van der Waals surface area contributed by atoms with Gasteiger partial charge in [-0.3, -0.25) is 4.79 Å². The molecule has 3 rings (SSSR count). The molecule has 5 heteroatoms. The van der Waals surface area contributed by atoms with Crippen molar-refractivity contribution in [3.05, 3.63) is 52.5 Å². The second kappa shape index (κ2) is 8.28. The van der Waals surface area contributed by atoms with Gasteiger partial charge in [0, 0.05) is 27.8 Å². The van der Waals surface area contributed by atoms with E-state index in [1.807, 2.05) is 30.3 Å². The van der Waals surface area contributed by atoms with E-state index in [9.17, 15) is 4.79 Å². The van der Waals surface area contributed by atoms with Gasteiger partial charge in [-0.05, 0) is 43.2 Å². The van der Waals surface area contributed by atoms with Crippen LogP contribution in [0.25, 0.3) is 11.6 Å². The van der Waals surface area contributed by atoms with Gasteiger partial charge in [-0.25, -0.2) is 0 Å². The minimum atomic E-state index is -0.144. The number of carbonyl (C=O) groups excluding carboxylic acids is 1. The van der Waals surface area contributed by atoms with Crippen molar-refractivity contribution in [2.24, 2.45) is 0 Å². The summed E-state index contributed by atoms with van der Waals surface area (Å²) < 4.78 is 11.6. The van der Waals surface area contributed by atoms with Crippen LogP contribution in [0.15, 0.2) is 36.4 Å². The van der Waals surface area contributed by atoms with Crippen molar-refractivity contribution in [1.82, 2.24) is 0 Å². The zero-order valence-electron chi connectivity index (χ0n) is 15.0. The molecule has 0 saturated heterocycles. The van der Waals surface area contributed by atoms with Crippen LogP contribution in [0, 0.1) is 0 Å². The smallest absolute Gasteiger partial charge is 0.256 e. The first kappa shape index (κ1) is 18.3. The molecule has 0 saturated carbocycles. The largest absolute Gasteiger partial charge is 0.493 e. The van der Waals surface area contributed by atoms with Gasteiger partial charge in [0.2, 0.25) is 0 Å². The average molecular weight is 372 g/mol. The average Bonchev–Trinajstić information content (AvgIpc) is 2.94. The maximum Gasteiger partial charge on any atom is 0.256 e. The second-order valence-corrected chi connectivity index (χ2v) is 6.54. The zero-order valence-corrected chi connectivity index (χ0v) is 15.7. The fourth-order valence-electron chi connectivity index (χ4n) is 2.75. The Bertz CT molecular complexity index is 845. The Morgan fingerprint density at radius 2 is 1.81 bits per heavy atom. The third kappa shape index (κ3) is 4.02. The fraction of sp³-hybridized carbons (Fsp3) is 0.286. The van der Waals surface area contributed by atoms with Crippen LogP contribution in [0.4, 0.5) is 5.69 Å². The summed E-state index contributed by atoms with van der Waals surface area (Å²) in [6.45, 7) is 5.38. The van der Waals surface area contributed by atoms with E-state index in [4.69, 9.17) is 21.1 Å². The van der Waals surface area contributed by atoms with Crippen molar-refractivity contribution in [1.29, 1.82) is 0 Å². The van der Waals surface area contributed by atoms with Crippen molar-refractivity contribution < 1.29 is 14.3 Å². The highest BCUT2D eigenvalue weighted by molar-refractivity contribution is 6.36. The van der Waals surface area contributed by atoms with E-state index in [0.29, 0.717) is 29.6 Å². The zero-order chi connectivity index (χ0) is 18.5. The second-order valence-electron chi connectivity index (χ2n) is 6.10. The van der Waals surface area contributed by atoms with Crippen LogP contribution >= 0.6 is 11.6 Å². The number of benzene rings is 2. The number of amides is 1. The monoisotopic (exact) mass is 371 g/mol. The molecule has 0 bridgehead atoms. The molecule has 0 fully saturated rings. The molecule has 0 aliphatic carbocycles. The number of nitrogens with one attached hydrogen (secondary N) is 1. The maximum atomic E-state index is 12.4. The number of halogens is 1. The molecule has 0 atom stereocenters. The third-order valence-electron chi connectivity index (χ3n) is 3.98. The van der Waals surface area contributed by atoms with Crippen molar-refractivity contribution >= 4 is 34.8 Å². The Labute approximate surface area is 158 Å². The molecule has 0 radical (unpaired) electrons. The predicted molar refractivity (Wildman–Crippen MR) is 106 cm³/mol. The number of hydrogen-bond acceptors (Lipinski definition) is 3. The minimum Gasteiger partial charge on any atom is -0.493 e. The molecule has 136 valence electrons.